The lowest BCUT2D eigenvalue weighted by Gasteiger charge is -2.12. The first-order valence-corrected chi connectivity index (χ1v) is 16.4. The zero-order chi connectivity index (χ0) is 33.0. The average Bonchev–Trinajstić information content (AvgIpc) is 3.19. The van der Waals surface area contributed by atoms with E-state index in [4.69, 9.17) is 26.6 Å². The van der Waals surface area contributed by atoms with Gasteiger partial charge in [0, 0.05) is 33.5 Å². The molecule has 0 amide bonds. The van der Waals surface area contributed by atoms with E-state index < -0.39 is 0 Å². The predicted octanol–water partition coefficient (Wildman–Crippen LogP) is 11.6. The zero-order valence-electron chi connectivity index (χ0n) is 26.4. The highest BCUT2D eigenvalue weighted by Gasteiger charge is 2.15. The molecule has 8 aromatic rings. The largest absolute Gasteiger partial charge is 0.256 e. The number of halogens is 1. The molecular weight excluding hydrogens is 620 g/mol. The van der Waals surface area contributed by atoms with Gasteiger partial charge in [-0.1, -0.05) is 139 Å². The van der Waals surface area contributed by atoms with Crippen LogP contribution in [0.15, 0.2) is 176 Å². The number of aromatic nitrogens is 4. The third kappa shape index (κ3) is 6.64. The Morgan fingerprint density at radius 1 is 0.306 bits per heavy atom. The summed E-state index contributed by atoms with van der Waals surface area (Å²) in [4.78, 5) is 19.6. The third-order valence-electron chi connectivity index (χ3n) is 8.43. The van der Waals surface area contributed by atoms with Crippen molar-refractivity contribution in [3.63, 3.8) is 0 Å². The molecule has 2 heterocycles. The molecule has 0 saturated heterocycles. The van der Waals surface area contributed by atoms with Crippen LogP contribution in [0.3, 0.4) is 0 Å². The fraction of sp³-hybridized carbons (Fsp3) is 0. The molecule has 49 heavy (non-hydrogen) atoms. The Hall–Kier alpha value is -6.23. The summed E-state index contributed by atoms with van der Waals surface area (Å²) in [6, 6.07) is 57.5. The molecule has 8 rings (SSSR count). The number of nitrogens with zero attached hydrogens (tertiary/aromatic N) is 4. The van der Waals surface area contributed by atoms with Crippen LogP contribution in [0.2, 0.25) is 5.02 Å². The smallest absolute Gasteiger partial charge is 0.164 e. The first-order chi connectivity index (χ1) is 24.2. The van der Waals surface area contributed by atoms with Gasteiger partial charge < -0.3 is 0 Å². The zero-order valence-corrected chi connectivity index (χ0v) is 27.2. The number of hydrogen-bond acceptors (Lipinski definition) is 4. The van der Waals surface area contributed by atoms with Crippen LogP contribution in [-0.2, 0) is 0 Å². The van der Waals surface area contributed by atoms with Gasteiger partial charge in [0.15, 0.2) is 17.5 Å². The molecule has 2 aromatic heterocycles. The molecule has 0 atom stereocenters. The van der Waals surface area contributed by atoms with E-state index in [-0.39, 0.29) is 0 Å². The second-order valence-electron chi connectivity index (χ2n) is 11.7. The molecule has 0 spiro atoms. The summed E-state index contributed by atoms with van der Waals surface area (Å²) in [6.45, 7) is 0. The highest BCUT2D eigenvalue weighted by molar-refractivity contribution is 6.31. The Labute approximate surface area is 290 Å². The van der Waals surface area contributed by atoms with Crippen LogP contribution in [-0.4, -0.2) is 19.9 Å². The second kappa shape index (κ2) is 13.5. The average molecular weight is 649 g/mol. The second-order valence-corrected chi connectivity index (χ2v) is 12.2. The Morgan fingerprint density at radius 3 is 1.29 bits per heavy atom. The summed E-state index contributed by atoms with van der Waals surface area (Å²) in [5.41, 5.74) is 11.0. The normalized spacial score (nSPS) is 11.0. The molecule has 0 aliphatic carbocycles. The molecule has 0 aliphatic heterocycles. The minimum absolute atomic E-state index is 0.545. The van der Waals surface area contributed by atoms with Gasteiger partial charge in [-0.15, -0.1) is 0 Å². The molecular formula is C44H29ClN4. The van der Waals surface area contributed by atoms with E-state index in [0.717, 1.165) is 61.3 Å². The molecule has 0 aliphatic rings. The third-order valence-corrected chi connectivity index (χ3v) is 8.64. The van der Waals surface area contributed by atoms with E-state index in [2.05, 4.69) is 83.8 Å². The van der Waals surface area contributed by atoms with E-state index in [0.29, 0.717) is 22.5 Å². The van der Waals surface area contributed by atoms with Gasteiger partial charge in [0.1, 0.15) is 0 Å². The fourth-order valence-electron chi connectivity index (χ4n) is 5.95. The molecule has 0 bridgehead atoms. The van der Waals surface area contributed by atoms with Crippen molar-refractivity contribution in [2.24, 2.45) is 0 Å². The minimum atomic E-state index is 0.545. The van der Waals surface area contributed by atoms with Gasteiger partial charge >= 0.3 is 0 Å². The van der Waals surface area contributed by atoms with Gasteiger partial charge in [-0.25, -0.2) is 15.0 Å². The van der Waals surface area contributed by atoms with Crippen molar-refractivity contribution in [1.82, 2.24) is 19.9 Å². The van der Waals surface area contributed by atoms with Gasteiger partial charge in [0.2, 0.25) is 0 Å². The highest BCUT2D eigenvalue weighted by atomic mass is 35.5. The van der Waals surface area contributed by atoms with Gasteiger partial charge in [0.25, 0.3) is 0 Å². The van der Waals surface area contributed by atoms with E-state index in [1.807, 2.05) is 91.0 Å². The van der Waals surface area contributed by atoms with Crippen molar-refractivity contribution in [3.05, 3.63) is 181 Å². The van der Waals surface area contributed by atoms with Gasteiger partial charge in [-0.2, -0.15) is 0 Å². The summed E-state index contributed by atoms with van der Waals surface area (Å²) in [5.74, 6) is 1.72. The molecule has 0 N–H and O–H groups in total. The van der Waals surface area contributed by atoms with Crippen LogP contribution in [0.1, 0.15) is 0 Å². The molecule has 5 heteroatoms. The lowest BCUT2D eigenvalue weighted by atomic mass is 10.00. The molecule has 0 saturated carbocycles. The van der Waals surface area contributed by atoms with Crippen LogP contribution in [0.5, 0.6) is 0 Å². The maximum Gasteiger partial charge on any atom is 0.164 e. The van der Waals surface area contributed by atoms with Crippen molar-refractivity contribution < 1.29 is 0 Å². The topological polar surface area (TPSA) is 51.6 Å². The predicted molar refractivity (Wildman–Crippen MR) is 201 cm³/mol. The fourth-order valence-corrected chi connectivity index (χ4v) is 6.19. The summed E-state index contributed by atoms with van der Waals surface area (Å²) < 4.78 is 0. The maximum atomic E-state index is 6.79. The van der Waals surface area contributed by atoms with Crippen LogP contribution in [0, 0.1) is 0 Å². The van der Waals surface area contributed by atoms with Crippen molar-refractivity contribution in [2.75, 3.05) is 0 Å². The van der Waals surface area contributed by atoms with E-state index in [1.165, 1.54) is 0 Å². The number of hydrogen-bond donors (Lipinski definition) is 0. The maximum absolute atomic E-state index is 6.79. The van der Waals surface area contributed by atoms with Crippen molar-refractivity contribution in [1.29, 1.82) is 0 Å². The summed E-state index contributed by atoms with van der Waals surface area (Å²) in [5, 5.41) is 0.599. The van der Waals surface area contributed by atoms with E-state index >= 15 is 0 Å². The van der Waals surface area contributed by atoms with Gasteiger partial charge in [0.05, 0.1) is 5.69 Å². The summed E-state index contributed by atoms with van der Waals surface area (Å²) in [7, 11) is 0. The minimum Gasteiger partial charge on any atom is -0.256 e. The van der Waals surface area contributed by atoms with Crippen LogP contribution in [0.25, 0.3) is 78.8 Å². The number of benzene rings is 6. The van der Waals surface area contributed by atoms with Crippen molar-refractivity contribution >= 4 is 11.6 Å². The first-order valence-electron chi connectivity index (χ1n) is 16.1. The van der Waals surface area contributed by atoms with E-state index in [1.54, 1.807) is 6.20 Å². The molecule has 0 fully saturated rings. The number of pyridine rings is 1. The number of rotatable bonds is 7. The molecule has 232 valence electrons. The Bertz CT molecular complexity index is 2280. The highest BCUT2D eigenvalue weighted by Crippen LogP contribution is 2.33. The van der Waals surface area contributed by atoms with Crippen molar-refractivity contribution in [2.45, 2.75) is 0 Å². The van der Waals surface area contributed by atoms with Crippen LogP contribution in [0.4, 0.5) is 0 Å². The molecule has 4 nitrogen and oxygen atoms in total. The van der Waals surface area contributed by atoms with Gasteiger partial charge in [-0.05, 0) is 75.8 Å². The Morgan fingerprint density at radius 2 is 0.735 bits per heavy atom. The Kier molecular flexibility index (Phi) is 8.29. The SMILES string of the molecule is Clc1cc(-c2ccc(-c3ccccn3)cc2)cc(-c2nc(-c3cccc(-c4ccccc4)c3)nc(-c3cccc(-c4ccccc4)c3)n2)c1. The molecule has 0 radical (unpaired) electrons. The van der Waals surface area contributed by atoms with E-state index in [9.17, 15) is 0 Å². The summed E-state index contributed by atoms with van der Waals surface area (Å²) in [6.07, 6.45) is 1.81. The Balaban J connectivity index is 1.25. The standard InChI is InChI=1S/C44H29ClN4/c45-40-28-38(32-20-22-33(23-21-32)41-19-7-8-24-46-41)27-39(29-40)44-48-42(36-17-9-15-34(25-36)30-11-3-1-4-12-30)47-43(49-44)37-18-10-16-35(26-37)31-13-5-2-6-14-31/h1-29H. The summed E-state index contributed by atoms with van der Waals surface area (Å²) >= 11 is 6.79. The lowest BCUT2D eigenvalue weighted by molar-refractivity contribution is 1.07. The quantitative estimate of drug-likeness (QED) is 0.172. The molecule has 6 aromatic carbocycles. The van der Waals surface area contributed by atoms with Crippen LogP contribution < -0.4 is 0 Å². The first kappa shape index (κ1) is 30.1. The van der Waals surface area contributed by atoms with Crippen molar-refractivity contribution in [3.8, 4) is 78.8 Å². The van der Waals surface area contributed by atoms with Gasteiger partial charge in [-0.3, -0.25) is 4.98 Å². The van der Waals surface area contributed by atoms with Crippen LogP contribution >= 0.6 is 11.6 Å². The lowest BCUT2D eigenvalue weighted by Crippen LogP contribution is -2.00. The molecule has 0 unspecified atom stereocenters. The monoisotopic (exact) mass is 648 g/mol.